The molecule has 1 aliphatic rings. The van der Waals surface area contributed by atoms with Crippen LogP contribution in [0.5, 0.6) is 0 Å². The van der Waals surface area contributed by atoms with E-state index in [2.05, 4.69) is 10.6 Å². The Morgan fingerprint density at radius 1 is 1.50 bits per heavy atom. The number of amides is 1. The predicted octanol–water partition coefficient (Wildman–Crippen LogP) is 1.18. The first-order valence-corrected chi connectivity index (χ1v) is 5.93. The Balaban J connectivity index is 1.96. The van der Waals surface area contributed by atoms with Crippen LogP contribution in [0, 0.1) is 0 Å². The summed E-state index contributed by atoms with van der Waals surface area (Å²) in [4.78, 5) is 22.4. The molecule has 1 aromatic carbocycles. The zero-order chi connectivity index (χ0) is 13.1. The summed E-state index contributed by atoms with van der Waals surface area (Å²) in [6.07, 6.45) is 0.307. The number of hydrogen-bond donors (Lipinski definition) is 3. The van der Waals surface area contributed by atoms with E-state index in [1.807, 2.05) is 24.3 Å². The van der Waals surface area contributed by atoms with Crippen LogP contribution in [0.4, 0.5) is 5.69 Å². The highest BCUT2D eigenvalue weighted by Gasteiger charge is 2.25. The standard InChI is InChI=1S/C13H16N2O3/c1-8(13(17)18)15-12(16)6-9-7-14-11-5-3-2-4-10(9)11/h2-5,8-9,14H,6-7H2,1H3,(H,15,16)(H,17,18)/t8-,9?/m0/s1. The van der Waals surface area contributed by atoms with E-state index in [-0.39, 0.29) is 11.8 Å². The second-order valence-corrected chi connectivity index (χ2v) is 4.50. The molecule has 1 heterocycles. The lowest BCUT2D eigenvalue weighted by Crippen LogP contribution is -2.38. The molecule has 0 aliphatic carbocycles. The Kier molecular flexibility index (Phi) is 3.50. The summed E-state index contributed by atoms with van der Waals surface area (Å²) in [5, 5.41) is 14.4. The molecule has 2 rings (SSSR count). The minimum Gasteiger partial charge on any atom is -0.480 e. The molecule has 96 valence electrons. The largest absolute Gasteiger partial charge is 0.480 e. The van der Waals surface area contributed by atoms with Gasteiger partial charge in [0.05, 0.1) is 0 Å². The third-order valence-corrected chi connectivity index (χ3v) is 3.12. The number of carboxylic acid groups (broad SMARTS) is 1. The Hall–Kier alpha value is -2.04. The highest BCUT2D eigenvalue weighted by molar-refractivity contribution is 5.84. The van der Waals surface area contributed by atoms with Gasteiger partial charge in [0.25, 0.3) is 0 Å². The molecule has 18 heavy (non-hydrogen) atoms. The number of para-hydroxylation sites is 1. The third kappa shape index (κ3) is 2.61. The molecule has 0 spiro atoms. The molecule has 0 aromatic heterocycles. The number of carbonyl (C=O) groups is 2. The van der Waals surface area contributed by atoms with Crippen LogP contribution in [0.2, 0.25) is 0 Å². The van der Waals surface area contributed by atoms with Gasteiger partial charge in [0, 0.05) is 24.6 Å². The van der Waals surface area contributed by atoms with Gasteiger partial charge in [0.1, 0.15) is 6.04 Å². The number of rotatable bonds is 4. The maximum absolute atomic E-state index is 11.7. The first kappa shape index (κ1) is 12.4. The van der Waals surface area contributed by atoms with Crippen molar-refractivity contribution in [1.29, 1.82) is 0 Å². The summed E-state index contributed by atoms with van der Waals surface area (Å²) in [5.74, 6) is -1.14. The number of hydrogen-bond acceptors (Lipinski definition) is 3. The van der Waals surface area contributed by atoms with Crippen molar-refractivity contribution in [2.75, 3.05) is 11.9 Å². The number of carboxylic acids is 1. The van der Waals surface area contributed by atoms with Gasteiger partial charge in [0.2, 0.25) is 5.91 Å². The first-order chi connectivity index (χ1) is 8.58. The van der Waals surface area contributed by atoms with E-state index < -0.39 is 12.0 Å². The maximum Gasteiger partial charge on any atom is 0.325 e. The third-order valence-electron chi connectivity index (χ3n) is 3.12. The fourth-order valence-corrected chi connectivity index (χ4v) is 2.13. The van der Waals surface area contributed by atoms with Crippen molar-refractivity contribution in [2.45, 2.75) is 25.3 Å². The van der Waals surface area contributed by atoms with Crippen molar-refractivity contribution in [1.82, 2.24) is 5.32 Å². The second kappa shape index (κ2) is 5.08. The van der Waals surface area contributed by atoms with Crippen molar-refractivity contribution < 1.29 is 14.7 Å². The number of carbonyl (C=O) groups excluding carboxylic acids is 1. The van der Waals surface area contributed by atoms with Crippen LogP contribution < -0.4 is 10.6 Å². The molecule has 1 aromatic rings. The zero-order valence-corrected chi connectivity index (χ0v) is 10.1. The lowest BCUT2D eigenvalue weighted by molar-refractivity contribution is -0.141. The summed E-state index contributed by atoms with van der Waals surface area (Å²) in [5.41, 5.74) is 2.18. The second-order valence-electron chi connectivity index (χ2n) is 4.50. The van der Waals surface area contributed by atoms with E-state index in [0.717, 1.165) is 11.3 Å². The number of nitrogens with one attached hydrogen (secondary N) is 2. The van der Waals surface area contributed by atoms with Crippen molar-refractivity contribution in [2.24, 2.45) is 0 Å². The van der Waals surface area contributed by atoms with Crippen molar-refractivity contribution in [3.05, 3.63) is 29.8 Å². The van der Waals surface area contributed by atoms with Crippen LogP contribution >= 0.6 is 0 Å². The van der Waals surface area contributed by atoms with Gasteiger partial charge in [-0.3, -0.25) is 9.59 Å². The molecular weight excluding hydrogens is 232 g/mol. The SMILES string of the molecule is C[C@H](NC(=O)CC1CNc2ccccc21)C(=O)O. The van der Waals surface area contributed by atoms with Crippen LogP contribution in [0.25, 0.3) is 0 Å². The molecule has 2 atom stereocenters. The average molecular weight is 248 g/mol. The van der Waals surface area contributed by atoms with Gasteiger partial charge < -0.3 is 15.7 Å². The van der Waals surface area contributed by atoms with Crippen LogP contribution in [0.3, 0.4) is 0 Å². The molecule has 5 nitrogen and oxygen atoms in total. The van der Waals surface area contributed by atoms with Gasteiger partial charge >= 0.3 is 5.97 Å². The topological polar surface area (TPSA) is 78.4 Å². The summed E-state index contributed by atoms with van der Waals surface area (Å²) >= 11 is 0. The van der Waals surface area contributed by atoms with Gasteiger partial charge in [0.15, 0.2) is 0 Å². The van der Waals surface area contributed by atoms with Gasteiger partial charge in [-0.05, 0) is 18.6 Å². The van der Waals surface area contributed by atoms with E-state index in [9.17, 15) is 9.59 Å². The fraction of sp³-hybridized carbons (Fsp3) is 0.385. The van der Waals surface area contributed by atoms with Crippen LogP contribution in [0.1, 0.15) is 24.8 Å². The highest BCUT2D eigenvalue weighted by Crippen LogP contribution is 2.32. The molecule has 0 fully saturated rings. The van der Waals surface area contributed by atoms with Crippen molar-refractivity contribution in [3.8, 4) is 0 Å². The smallest absolute Gasteiger partial charge is 0.325 e. The Labute approximate surface area is 105 Å². The Bertz CT molecular complexity index is 473. The molecule has 5 heteroatoms. The predicted molar refractivity (Wildman–Crippen MR) is 67.5 cm³/mol. The van der Waals surface area contributed by atoms with Crippen LogP contribution in [-0.4, -0.2) is 29.6 Å². The Morgan fingerprint density at radius 3 is 2.94 bits per heavy atom. The van der Waals surface area contributed by atoms with Gasteiger partial charge in [-0.15, -0.1) is 0 Å². The minimum absolute atomic E-state index is 0.113. The van der Waals surface area contributed by atoms with Gasteiger partial charge in [-0.1, -0.05) is 18.2 Å². The lowest BCUT2D eigenvalue weighted by atomic mass is 9.97. The molecule has 0 saturated heterocycles. The molecule has 3 N–H and O–H groups in total. The molecule has 1 amide bonds. The zero-order valence-electron chi connectivity index (χ0n) is 10.1. The summed E-state index contributed by atoms with van der Waals surface area (Å²) < 4.78 is 0. The van der Waals surface area contributed by atoms with E-state index in [1.165, 1.54) is 6.92 Å². The highest BCUT2D eigenvalue weighted by atomic mass is 16.4. The molecular formula is C13H16N2O3. The normalized spacial score (nSPS) is 18.6. The van der Waals surface area contributed by atoms with Gasteiger partial charge in [-0.25, -0.2) is 0 Å². The summed E-state index contributed by atoms with van der Waals surface area (Å²) in [6, 6.07) is 7.01. The maximum atomic E-state index is 11.7. The number of aliphatic carboxylic acids is 1. The monoisotopic (exact) mass is 248 g/mol. The molecule has 0 radical (unpaired) electrons. The average Bonchev–Trinajstić information content (AvgIpc) is 2.72. The van der Waals surface area contributed by atoms with Gasteiger partial charge in [-0.2, -0.15) is 0 Å². The molecule has 1 aliphatic heterocycles. The quantitative estimate of drug-likeness (QED) is 0.747. The van der Waals surface area contributed by atoms with Crippen LogP contribution in [0.15, 0.2) is 24.3 Å². The van der Waals surface area contributed by atoms with Crippen LogP contribution in [-0.2, 0) is 9.59 Å². The first-order valence-electron chi connectivity index (χ1n) is 5.93. The summed E-state index contributed by atoms with van der Waals surface area (Å²) in [7, 11) is 0. The minimum atomic E-state index is -1.02. The molecule has 0 saturated carbocycles. The van der Waals surface area contributed by atoms with Crippen molar-refractivity contribution >= 4 is 17.6 Å². The van der Waals surface area contributed by atoms with E-state index >= 15 is 0 Å². The van der Waals surface area contributed by atoms with E-state index in [0.29, 0.717) is 13.0 Å². The molecule has 1 unspecified atom stereocenters. The van der Waals surface area contributed by atoms with E-state index in [4.69, 9.17) is 5.11 Å². The number of anilines is 1. The van der Waals surface area contributed by atoms with E-state index in [1.54, 1.807) is 0 Å². The lowest BCUT2D eigenvalue weighted by Gasteiger charge is -2.12. The number of fused-ring (bicyclic) bond motifs is 1. The Morgan fingerprint density at radius 2 is 2.22 bits per heavy atom. The number of benzene rings is 1. The fourth-order valence-electron chi connectivity index (χ4n) is 2.13. The summed E-state index contributed by atoms with van der Waals surface area (Å²) in [6.45, 7) is 2.18. The molecule has 0 bridgehead atoms. The van der Waals surface area contributed by atoms with Crippen molar-refractivity contribution in [3.63, 3.8) is 0 Å².